The molecule has 0 radical (unpaired) electrons. The normalized spacial score (nSPS) is 13.6. The van der Waals surface area contributed by atoms with E-state index in [-0.39, 0.29) is 0 Å². The molecule has 0 saturated carbocycles. The molecule has 3 nitrogen and oxygen atoms in total. The molecule has 0 fully saturated rings. The number of aryl methyl sites for hydroxylation is 1. The van der Waals surface area contributed by atoms with Gasteiger partial charge in [0.05, 0.1) is 5.69 Å². The van der Waals surface area contributed by atoms with Gasteiger partial charge in [0.15, 0.2) is 0 Å². The van der Waals surface area contributed by atoms with E-state index >= 15 is 0 Å². The molecule has 2 heterocycles. The minimum Gasteiger partial charge on any atom is -0.384 e. The molecule has 16 heavy (non-hydrogen) atoms. The van der Waals surface area contributed by atoms with E-state index in [9.17, 15) is 0 Å². The molecule has 1 aromatic heterocycles. The molecule has 3 rings (SSSR count). The number of aromatic amines is 1. The van der Waals surface area contributed by atoms with Crippen LogP contribution < -0.4 is 5.32 Å². The Morgan fingerprint density at radius 1 is 1.25 bits per heavy atom. The molecule has 0 atom stereocenters. The third-order valence-electron chi connectivity index (χ3n) is 3.34. The maximum absolute atomic E-state index is 4.37. The fraction of sp³-hybridized carbons (Fsp3) is 0.308. The highest BCUT2D eigenvalue weighted by Crippen LogP contribution is 2.29. The Kier molecular flexibility index (Phi) is 1.99. The van der Waals surface area contributed by atoms with Gasteiger partial charge in [-0.1, -0.05) is 6.07 Å². The SMILES string of the molecule is Cc1[nH]nc(-c2ccc3c(c2)CCN3)c1C. The van der Waals surface area contributed by atoms with Crippen LogP contribution in [0.4, 0.5) is 5.69 Å². The zero-order chi connectivity index (χ0) is 11.1. The highest BCUT2D eigenvalue weighted by molar-refractivity contribution is 5.69. The summed E-state index contributed by atoms with van der Waals surface area (Å²) in [7, 11) is 0. The maximum atomic E-state index is 4.37. The summed E-state index contributed by atoms with van der Waals surface area (Å²) in [6.07, 6.45) is 1.12. The maximum Gasteiger partial charge on any atom is 0.0952 e. The molecular weight excluding hydrogens is 198 g/mol. The van der Waals surface area contributed by atoms with E-state index in [1.165, 1.54) is 22.4 Å². The van der Waals surface area contributed by atoms with Crippen LogP contribution in [0.2, 0.25) is 0 Å². The molecule has 0 bridgehead atoms. The van der Waals surface area contributed by atoms with Crippen molar-refractivity contribution >= 4 is 5.69 Å². The predicted molar refractivity (Wildman–Crippen MR) is 65.7 cm³/mol. The second-order valence-corrected chi connectivity index (χ2v) is 4.37. The van der Waals surface area contributed by atoms with Crippen molar-refractivity contribution in [3.05, 3.63) is 35.0 Å². The van der Waals surface area contributed by atoms with Gasteiger partial charge < -0.3 is 5.32 Å². The first-order valence-electron chi connectivity index (χ1n) is 5.64. The molecule has 2 N–H and O–H groups in total. The van der Waals surface area contributed by atoms with Crippen molar-refractivity contribution in [2.24, 2.45) is 0 Å². The number of aromatic nitrogens is 2. The Balaban J connectivity index is 2.10. The fourth-order valence-corrected chi connectivity index (χ4v) is 2.22. The highest BCUT2D eigenvalue weighted by atomic mass is 15.1. The van der Waals surface area contributed by atoms with Crippen molar-refractivity contribution in [2.75, 3.05) is 11.9 Å². The minimum atomic E-state index is 1.05. The van der Waals surface area contributed by atoms with Crippen LogP contribution in [0.3, 0.4) is 0 Å². The average Bonchev–Trinajstić information content (AvgIpc) is 2.86. The summed E-state index contributed by atoms with van der Waals surface area (Å²) in [5, 5.41) is 10.8. The van der Waals surface area contributed by atoms with Crippen LogP contribution >= 0.6 is 0 Å². The molecule has 0 saturated heterocycles. The van der Waals surface area contributed by atoms with Crippen molar-refractivity contribution in [1.29, 1.82) is 0 Å². The van der Waals surface area contributed by atoms with E-state index < -0.39 is 0 Å². The monoisotopic (exact) mass is 213 g/mol. The van der Waals surface area contributed by atoms with Crippen molar-refractivity contribution in [1.82, 2.24) is 10.2 Å². The summed E-state index contributed by atoms with van der Waals surface area (Å²) < 4.78 is 0. The zero-order valence-corrected chi connectivity index (χ0v) is 9.59. The van der Waals surface area contributed by atoms with Gasteiger partial charge in [-0.15, -0.1) is 0 Å². The summed E-state index contributed by atoms with van der Waals surface area (Å²) >= 11 is 0. The lowest BCUT2D eigenvalue weighted by Crippen LogP contribution is -1.90. The molecule has 3 heteroatoms. The highest BCUT2D eigenvalue weighted by Gasteiger charge is 2.13. The number of H-pyrrole nitrogens is 1. The lowest BCUT2D eigenvalue weighted by atomic mass is 10.0. The molecule has 0 unspecified atom stereocenters. The van der Waals surface area contributed by atoms with Crippen LogP contribution in [0.1, 0.15) is 16.8 Å². The predicted octanol–water partition coefficient (Wildman–Crippen LogP) is 2.66. The minimum absolute atomic E-state index is 1.05. The van der Waals surface area contributed by atoms with Gasteiger partial charge >= 0.3 is 0 Å². The van der Waals surface area contributed by atoms with Crippen LogP contribution in [0.5, 0.6) is 0 Å². The smallest absolute Gasteiger partial charge is 0.0952 e. The number of nitrogens with one attached hydrogen (secondary N) is 2. The lowest BCUT2D eigenvalue weighted by Gasteiger charge is -2.03. The molecule has 0 aliphatic carbocycles. The Hall–Kier alpha value is -1.77. The Morgan fingerprint density at radius 3 is 2.88 bits per heavy atom. The van der Waals surface area contributed by atoms with Crippen LogP contribution in [-0.4, -0.2) is 16.7 Å². The number of fused-ring (bicyclic) bond motifs is 1. The second-order valence-electron chi connectivity index (χ2n) is 4.37. The third kappa shape index (κ3) is 1.32. The standard InChI is InChI=1S/C13H15N3/c1-8-9(2)15-16-13(8)11-3-4-12-10(7-11)5-6-14-12/h3-4,7,14H,5-6H2,1-2H3,(H,15,16). The largest absolute Gasteiger partial charge is 0.384 e. The van der Waals surface area contributed by atoms with Crippen molar-refractivity contribution < 1.29 is 0 Å². The van der Waals surface area contributed by atoms with Gasteiger partial charge in [0.25, 0.3) is 0 Å². The first kappa shape index (κ1) is 9.46. The molecule has 1 aromatic carbocycles. The van der Waals surface area contributed by atoms with E-state index in [1.807, 2.05) is 0 Å². The van der Waals surface area contributed by atoms with Crippen molar-refractivity contribution in [3.8, 4) is 11.3 Å². The quantitative estimate of drug-likeness (QED) is 0.764. The Bertz CT molecular complexity index is 540. The van der Waals surface area contributed by atoms with Crippen molar-refractivity contribution in [3.63, 3.8) is 0 Å². The summed E-state index contributed by atoms with van der Waals surface area (Å²) in [6, 6.07) is 6.54. The summed E-state index contributed by atoms with van der Waals surface area (Å²) in [5.41, 5.74) is 7.35. The number of hydrogen-bond acceptors (Lipinski definition) is 2. The topological polar surface area (TPSA) is 40.7 Å². The molecule has 1 aliphatic heterocycles. The molecule has 1 aliphatic rings. The van der Waals surface area contributed by atoms with E-state index in [0.717, 1.165) is 24.4 Å². The molecule has 0 amide bonds. The third-order valence-corrected chi connectivity index (χ3v) is 3.34. The van der Waals surface area contributed by atoms with Gasteiger partial charge in [0.1, 0.15) is 0 Å². The van der Waals surface area contributed by atoms with E-state index in [1.54, 1.807) is 0 Å². The van der Waals surface area contributed by atoms with Crippen LogP contribution in [-0.2, 0) is 6.42 Å². The molecule has 0 spiro atoms. The van der Waals surface area contributed by atoms with Gasteiger partial charge in [0.2, 0.25) is 0 Å². The second kappa shape index (κ2) is 3.37. The van der Waals surface area contributed by atoms with E-state index in [4.69, 9.17) is 0 Å². The van der Waals surface area contributed by atoms with E-state index in [0.29, 0.717) is 0 Å². The van der Waals surface area contributed by atoms with Crippen molar-refractivity contribution in [2.45, 2.75) is 20.3 Å². The summed E-state index contributed by atoms with van der Waals surface area (Å²) in [5.74, 6) is 0. The Morgan fingerprint density at radius 2 is 2.12 bits per heavy atom. The van der Waals surface area contributed by atoms with Gasteiger partial charge in [-0.25, -0.2) is 0 Å². The van der Waals surface area contributed by atoms with Gasteiger partial charge in [0, 0.05) is 23.5 Å². The van der Waals surface area contributed by atoms with Gasteiger partial charge in [-0.05, 0) is 43.5 Å². The summed E-state index contributed by atoms with van der Waals surface area (Å²) in [6.45, 7) is 5.22. The summed E-state index contributed by atoms with van der Waals surface area (Å²) in [4.78, 5) is 0. The molecular formula is C13H15N3. The first-order chi connectivity index (χ1) is 7.75. The van der Waals surface area contributed by atoms with Gasteiger partial charge in [-0.2, -0.15) is 5.10 Å². The number of rotatable bonds is 1. The number of anilines is 1. The Labute approximate surface area is 94.9 Å². The zero-order valence-electron chi connectivity index (χ0n) is 9.59. The van der Waals surface area contributed by atoms with Crippen LogP contribution in [0, 0.1) is 13.8 Å². The van der Waals surface area contributed by atoms with Gasteiger partial charge in [-0.3, -0.25) is 5.10 Å². The molecule has 82 valence electrons. The number of benzene rings is 1. The number of hydrogen-bond donors (Lipinski definition) is 2. The molecule has 2 aromatic rings. The first-order valence-corrected chi connectivity index (χ1v) is 5.64. The van der Waals surface area contributed by atoms with Crippen LogP contribution in [0.15, 0.2) is 18.2 Å². The lowest BCUT2D eigenvalue weighted by molar-refractivity contribution is 1.05. The van der Waals surface area contributed by atoms with Crippen LogP contribution in [0.25, 0.3) is 11.3 Å². The van der Waals surface area contributed by atoms with E-state index in [2.05, 4.69) is 47.6 Å². The average molecular weight is 213 g/mol. The number of nitrogens with zero attached hydrogens (tertiary/aromatic N) is 1. The fourth-order valence-electron chi connectivity index (χ4n) is 2.22.